The zero-order valence-electron chi connectivity index (χ0n) is 10.8. The van der Waals surface area contributed by atoms with Gasteiger partial charge in [0, 0.05) is 16.5 Å². The van der Waals surface area contributed by atoms with Gasteiger partial charge in [-0.25, -0.2) is 0 Å². The average molecular weight is 293 g/mol. The molecule has 1 nitrogen and oxygen atoms in total. The molecule has 0 aliphatic rings. The lowest BCUT2D eigenvalue weighted by Gasteiger charge is -2.23. The van der Waals surface area contributed by atoms with Gasteiger partial charge in [-0.15, -0.1) is 0 Å². The van der Waals surface area contributed by atoms with E-state index in [9.17, 15) is 5.11 Å². The topological polar surface area (TPSA) is 20.2 Å². The summed E-state index contributed by atoms with van der Waals surface area (Å²) in [7, 11) is 0. The van der Waals surface area contributed by atoms with E-state index in [2.05, 4.69) is 0 Å². The van der Waals surface area contributed by atoms with Crippen LogP contribution in [0, 0.1) is 0 Å². The quantitative estimate of drug-likeness (QED) is 0.877. The van der Waals surface area contributed by atoms with Crippen molar-refractivity contribution in [3.63, 3.8) is 0 Å². The van der Waals surface area contributed by atoms with Gasteiger partial charge in [0.05, 0.1) is 5.60 Å². The summed E-state index contributed by atoms with van der Waals surface area (Å²) in [6.07, 6.45) is 0. The largest absolute Gasteiger partial charge is 0.385 e. The summed E-state index contributed by atoms with van der Waals surface area (Å²) in [6.45, 7) is 1.86. The maximum absolute atomic E-state index is 10.5. The highest BCUT2D eigenvalue weighted by molar-refractivity contribution is 7.98. The van der Waals surface area contributed by atoms with E-state index in [-0.39, 0.29) is 0 Å². The molecule has 0 aromatic heterocycles. The van der Waals surface area contributed by atoms with Crippen molar-refractivity contribution in [3.05, 3.63) is 70.7 Å². The smallest absolute Gasteiger partial charge is 0.0958 e. The molecular formula is C16H17ClOS. The zero-order valence-corrected chi connectivity index (χ0v) is 12.4. The maximum atomic E-state index is 10.5. The van der Waals surface area contributed by atoms with Gasteiger partial charge in [-0.3, -0.25) is 0 Å². The second-order valence-electron chi connectivity index (χ2n) is 4.76. The SMILES string of the molecule is CC(O)(CSCc1ccc(Cl)cc1)c1ccccc1. The van der Waals surface area contributed by atoms with E-state index < -0.39 is 5.60 Å². The minimum Gasteiger partial charge on any atom is -0.385 e. The summed E-state index contributed by atoms with van der Waals surface area (Å²) < 4.78 is 0. The lowest BCUT2D eigenvalue weighted by molar-refractivity contribution is 0.0839. The average Bonchev–Trinajstić information content (AvgIpc) is 2.42. The Morgan fingerprint density at radius 2 is 1.68 bits per heavy atom. The molecule has 3 heteroatoms. The third-order valence-electron chi connectivity index (χ3n) is 2.96. The Morgan fingerprint density at radius 3 is 2.32 bits per heavy atom. The summed E-state index contributed by atoms with van der Waals surface area (Å²) in [5.41, 5.74) is 1.38. The van der Waals surface area contributed by atoms with E-state index in [4.69, 9.17) is 11.6 Å². The Hall–Kier alpha value is -0.960. The number of halogens is 1. The molecular weight excluding hydrogens is 276 g/mol. The third-order valence-corrected chi connectivity index (χ3v) is 4.52. The number of benzene rings is 2. The van der Waals surface area contributed by atoms with Crippen molar-refractivity contribution < 1.29 is 5.11 Å². The van der Waals surface area contributed by atoms with Crippen molar-refractivity contribution in [2.45, 2.75) is 18.3 Å². The molecule has 0 aliphatic heterocycles. The van der Waals surface area contributed by atoms with Crippen LogP contribution in [-0.2, 0) is 11.4 Å². The van der Waals surface area contributed by atoms with Crippen LogP contribution in [0.2, 0.25) is 5.02 Å². The van der Waals surface area contributed by atoms with Gasteiger partial charge in [-0.05, 0) is 30.2 Å². The first-order chi connectivity index (χ1) is 9.08. The minimum atomic E-state index is -0.793. The molecule has 1 N–H and O–H groups in total. The Balaban J connectivity index is 1.90. The molecule has 0 aliphatic carbocycles. The van der Waals surface area contributed by atoms with Crippen molar-refractivity contribution in [1.82, 2.24) is 0 Å². The van der Waals surface area contributed by atoms with E-state index in [1.165, 1.54) is 5.56 Å². The van der Waals surface area contributed by atoms with Crippen molar-refractivity contribution in [1.29, 1.82) is 0 Å². The number of rotatable bonds is 5. The highest BCUT2D eigenvalue weighted by Gasteiger charge is 2.22. The van der Waals surface area contributed by atoms with Gasteiger partial charge in [0.2, 0.25) is 0 Å². The summed E-state index contributed by atoms with van der Waals surface area (Å²) in [5.74, 6) is 1.54. The van der Waals surface area contributed by atoms with Crippen molar-refractivity contribution in [2.75, 3.05) is 5.75 Å². The zero-order chi connectivity index (χ0) is 13.7. The third kappa shape index (κ3) is 4.27. The van der Waals surface area contributed by atoms with E-state index in [0.29, 0.717) is 5.75 Å². The molecule has 0 amide bonds. The van der Waals surface area contributed by atoms with Crippen LogP contribution in [0.25, 0.3) is 0 Å². The second-order valence-corrected chi connectivity index (χ2v) is 6.18. The highest BCUT2D eigenvalue weighted by Crippen LogP contribution is 2.27. The minimum absolute atomic E-state index is 0.666. The van der Waals surface area contributed by atoms with Crippen molar-refractivity contribution >= 4 is 23.4 Å². The van der Waals surface area contributed by atoms with E-state index in [0.717, 1.165) is 16.3 Å². The molecule has 19 heavy (non-hydrogen) atoms. The number of hydrogen-bond acceptors (Lipinski definition) is 2. The molecule has 2 aromatic carbocycles. The van der Waals surface area contributed by atoms with Crippen LogP contribution >= 0.6 is 23.4 Å². The van der Waals surface area contributed by atoms with Crippen LogP contribution in [0.15, 0.2) is 54.6 Å². The Labute approximate surface area is 123 Å². The molecule has 1 atom stereocenters. The highest BCUT2D eigenvalue weighted by atomic mass is 35.5. The van der Waals surface area contributed by atoms with Crippen LogP contribution in [-0.4, -0.2) is 10.9 Å². The number of hydrogen-bond donors (Lipinski definition) is 1. The monoisotopic (exact) mass is 292 g/mol. The standard InChI is InChI=1S/C16H17ClOS/c1-16(18,14-5-3-2-4-6-14)12-19-11-13-7-9-15(17)10-8-13/h2-10,18H,11-12H2,1H3. The van der Waals surface area contributed by atoms with Gasteiger partial charge in [0.25, 0.3) is 0 Å². The Kier molecular flexibility index (Phi) is 4.92. The normalized spacial score (nSPS) is 14.1. The lowest BCUT2D eigenvalue weighted by Crippen LogP contribution is -2.24. The van der Waals surface area contributed by atoms with Gasteiger partial charge < -0.3 is 5.11 Å². The van der Waals surface area contributed by atoms with Crippen molar-refractivity contribution in [2.24, 2.45) is 0 Å². The van der Waals surface area contributed by atoms with Crippen LogP contribution in [0.4, 0.5) is 0 Å². The van der Waals surface area contributed by atoms with Crippen LogP contribution < -0.4 is 0 Å². The fourth-order valence-corrected chi connectivity index (χ4v) is 3.05. The van der Waals surface area contributed by atoms with Crippen LogP contribution in [0.5, 0.6) is 0 Å². The van der Waals surface area contributed by atoms with Gasteiger partial charge in [0.15, 0.2) is 0 Å². The van der Waals surface area contributed by atoms with Crippen LogP contribution in [0.3, 0.4) is 0 Å². The predicted molar refractivity (Wildman–Crippen MR) is 83.6 cm³/mol. The first-order valence-corrected chi connectivity index (χ1v) is 7.71. The molecule has 1 unspecified atom stereocenters. The molecule has 0 spiro atoms. The maximum Gasteiger partial charge on any atom is 0.0958 e. The van der Waals surface area contributed by atoms with E-state index >= 15 is 0 Å². The second kappa shape index (κ2) is 6.47. The van der Waals surface area contributed by atoms with Crippen LogP contribution in [0.1, 0.15) is 18.1 Å². The fourth-order valence-electron chi connectivity index (χ4n) is 1.83. The lowest BCUT2D eigenvalue weighted by atomic mass is 9.99. The fraction of sp³-hybridized carbons (Fsp3) is 0.250. The predicted octanol–water partition coefficient (Wildman–Crippen LogP) is 4.48. The van der Waals surface area contributed by atoms with Gasteiger partial charge in [0.1, 0.15) is 0 Å². The molecule has 0 fully saturated rings. The Morgan fingerprint density at radius 1 is 1.05 bits per heavy atom. The number of aliphatic hydroxyl groups is 1. The summed E-state index contributed by atoms with van der Waals surface area (Å²) >= 11 is 7.57. The summed E-state index contributed by atoms with van der Waals surface area (Å²) in [6, 6.07) is 17.6. The van der Waals surface area contributed by atoms with E-state index in [1.54, 1.807) is 11.8 Å². The first-order valence-electron chi connectivity index (χ1n) is 6.18. The molecule has 100 valence electrons. The van der Waals surface area contributed by atoms with Crippen molar-refractivity contribution in [3.8, 4) is 0 Å². The molecule has 0 bridgehead atoms. The molecule has 0 radical (unpaired) electrons. The number of thioether (sulfide) groups is 1. The van der Waals surface area contributed by atoms with Gasteiger partial charge in [-0.1, -0.05) is 54.1 Å². The first kappa shape index (κ1) is 14.4. The van der Waals surface area contributed by atoms with E-state index in [1.807, 2.05) is 61.5 Å². The summed E-state index contributed by atoms with van der Waals surface area (Å²) in [4.78, 5) is 0. The van der Waals surface area contributed by atoms with Gasteiger partial charge in [-0.2, -0.15) is 11.8 Å². The molecule has 2 rings (SSSR count). The molecule has 0 saturated heterocycles. The Bertz CT molecular complexity index is 508. The molecule has 0 saturated carbocycles. The molecule has 2 aromatic rings. The summed E-state index contributed by atoms with van der Waals surface area (Å²) in [5, 5.41) is 11.2. The van der Waals surface area contributed by atoms with Gasteiger partial charge >= 0.3 is 0 Å². The molecule has 0 heterocycles.